The molecule has 2 aliphatic rings. The van der Waals surface area contributed by atoms with E-state index < -0.39 is 0 Å². The minimum Gasteiger partial charge on any atom is -0.396 e. The fourth-order valence-corrected chi connectivity index (χ4v) is 4.73. The third-order valence-corrected chi connectivity index (χ3v) is 6.09. The van der Waals surface area contributed by atoms with Gasteiger partial charge in [-0.3, -0.25) is 0 Å². The van der Waals surface area contributed by atoms with Crippen LogP contribution in [-0.4, -0.2) is 39.4 Å². The average molecular weight is 334 g/mol. The Balaban J connectivity index is 1.60. The summed E-state index contributed by atoms with van der Waals surface area (Å²) in [5, 5.41) is 14.5. The summed E-state index contributed by atoms with van der Waals surface area (Å²) in [4.78, 5) is 7.17. The molecule has 5 heteroatoms. The molecule has 1 aliphatic carbocycles. The Morgan fingerprint density at radius 2 is 2.08 bits per heavy atom. The van der Waals surface area contributed by atoms with E-state index in [1.807, 2.05) is 28.8 Å². The van der Waals surface area contributed by atoms with Gasteiger partial charge in [-0.15, -0.1) is 0 Å². The van der Waals surface area contributed by atoms with Crippen molar-refractivity contribution in [1.29, 1.82) is 0 Å². The topological polar surface area (TPSA) is 53.7 Å². The van der Waals surface area contributed by atoms with Crippen molar-refractivity contribution in [3.05, 3.63) is 48.7 Å². The molecule has 5 nitrogen and oxygen atoms in total. The minimum atomic E-state index is 0.0651. The average Bonchev–Trinajstić information content (AvgIpc) is 3.35. The van der Waals surface area contributed by atoms with E-state index in [-0.39, 0.29) is 12.0 Å². The number of aliphatic hydroxyl groups excluding tert-OH is 1. The molecule has 2 fully saturated rings. The molecule has 3 aromatic rings. The molecule has 25 heavy (non-hydrogen) atoms. The van der Waals surface area contributed by atoms with E-state index >= 15 is 0 Å². The molecule has 5 rings (SSSR count). The Morgan fingerprint density at radius 3 is 2.88 bits per heavy atom. The second-order valence-electron chi connectivity index (χ2n) is 7.46. The molecule has 0 amide bonds. The van der Waals surface area contributed by atoms with E-state index in [4.69, 9.17) is 4.98 Å². The van der Waals surface area contributed by atoms with E-state index in [0.717, 1.165) is 42.2 Å². The maximum absolute atomic E-state index is 10.0. The van der Waals surface area contributed by atoms with Gasteiger partial charge in [0, 0.05) is 36.2 Å². The van der Waals surface area contributed by atoms with Crippen LogP contribution < -0.4 is 4.90 Å². The van der Waals surface area contributed by atoms with Gasteiger partial charge < -0.3 is 10.0 Å². The lowest BCUT2D eigenvalue weighted by Crippen LogP contribution is -2.31. The zero-order valence-electron chi connectivity index (χ0n) is 14.2. The number of benzene rings is 1. The first-order valence-corrected chi connectivity index (χ1v) is 9.05. The third-order valence-electron chi connectivity index (χ3n) is 6.09. The van der Waals surface area contributed by atoms with E-state index in [0.29, 0.717) is 5.92 Å². The molecule has 1 saturated heterocycles. The van der Waals surface area contributed by atoms with Crippen LogP contribution in [0, 0.1) is 11.3 Å². The summed E-state index contributed by atoms with van der Waals surface area (Å²) >= 11 is 0. The number of anilines is 1. The molecule has 1 saturated carbocycles. The van der Waals surface area contributed by atoms with Gasteiger partial charge in [0.25, 0.3) is 0 Å². The van der Waals surface area contributed by atoms with Crippen LogP contribution in [0.1, 0.15) is 19.3 Å². The molecule has 1 aliphatic heterocycles. The van der Waals surface area contributed by atoms with Crippen molar-refractivity contribution in [2.45, 2.75) is 19.3 Å². The fourth-order valence-electron chi connectivity index (χ4n) is 4.73. The Morgan fingerprint density at radius 1 is 1.20 bits per heavy atom. The molecule has 1 aromatic carbocycles. The smallest absolute Gasteiger partial charge is 0.157 e. The second-order valence-corrected chi connectivity index (χ2v) is 7.46. The van der Waals surface area contributed by atoms with Crippen molar-refractivity contribution in [3.8, 4) is 11.3 Å². The number of hydrogen-bond acceptors (Lipinski definition) is 4. The van der Waals surface area contributed by atoms with Crippen LogP contribution >= 0.6 is 0 Å². The van der Waals surface area contributed by atoms with Gasteiger partial charge in [0.15, 0.2) is 5.65 Å². The minimum absolute atomic E-state index is 0.0651. The number of aromatic nitrogens is 3. The SMILES string of the molecule is OC[C@]12CCC[C@H]1CN(c1cc(-c3ccccc3)nc3ccnn13)C2. The number of nitrogens with zero attached hydrogens (tertiary/aromatic N) is 4. The highest BCUT2D eigenvalue weighted by molar-refractivity contribution is 5.67. The molecule has 2 aromatic heterocycles. The largest absolute Gasteiger partial charge is 0.396 e. The quantitative estimate of drug-likeness (QED) is 0.800. The van der Waals surface area contributed by atoms with Crippen LogP contribution in [0.5, 0.6) is 0 Å². The Bertz CT molecular complexity index is 906. The van der Waals surface area contributed by atoms with Crippen molar-refractivity contribution < 1.29 is 5.11 Å². The first kappa shape index (κ1) is 14.9. The molecular weight excluding hydrogens is 312 g/mol. The molecule has 0 unspecified atom stereocenters. The summed E-state index contributed by atoms with van der Waals surface area (Å²) < 4.78 is 1.93. The summed E-state index contributed by atoms with van der Waals surface area (Å²) in [5.74, 6) is 1.66. The Kier molecular flexibility index (Phi) is 3.31. The van der Waals surface area contributed by atoms with Gasteiger partial charge in [-0.2, -0.15) is 9.61 Å². The van der Waals surface area contributed by atoms with Gasteiger partial charge in [-0.05, 0) is 18.8 Å². The maximum Gasteiger partial charge on any atom is 0.157 e. The fraction of sp³-hybridized carbons (Fsp3) is 0.400. The summed E-state index contributed by atoms with van der Waals surface area (Å²) in [6.07, 6.45) is 5.39. The molecule has 2 atom stereocenters. The lowest BCUT2D eigenvalue weighted by atomic mass is 9.82. The monoisotopic (exact) mass is 334 g/mol. The number of fused-ring (bicyclic) bond motifs is 2. The van der Waals surface area contributed by atoms with Gasteiger partial charge >= 0.3 is 0 Å². The summed E-state index contributed by atoms with van der Waals surface area (Å²) in [7, 11) is 0. The molecule has 0 bridgehead atoms. The van der Waals surface area contributed by atoms with Crippen molar-refractivity contribution in [2.75, 3.05) is 24.6 Å². The zero-order chi connectivity index (χ0) is 16.9. The number of hydrogen-bond donors (Lipinski definition) is 1. The van der Waals surface area contributed by atoms with E-state index in [1.165, 1.54) is 12.8 Å². The van der Waals surface area contributed by atoms with Crippen LogP contribution in [-0.2, 0) is 0 Å². The Hall–Kier alpha value is -2.40. The lowest BCUT2D eigenvalue weighted by molar-refractivity contribution is 0.121. The van der Waals surface area contributed by atoms with Gasteiger partial charge in [0.05, 0.1) is 18.5 Å². The lowest BCUT2D eigenvalue weighted by Gasteiger charge is -2.26. The third kappa shape index (κ3) is 2.26. The summed E-state index contributed by atoms with van der Waals surface area (Å²) in [5.41, 5.74) is 3.02. The van der Waals surface area contributed by atoms with Crippen molar-refractivity contribution >= 4 is 11.5 Å². The first-order chi connectivity index (χ1) is 12.3. The molecule has 3 heterocycles. The van der Waals surface area contributed by atoms with Gasteiger partial charge in [-0.1, -0.05) is 36.8 Å². The van der Waals surface area contributed by atoms with Gasteiger partial charge in [0.2, 0.25) is 0 Å². The number of rotatable bonds is 3. The van der Waals surface area contributed by atoms with Crippen LogP contribution in [0.3, 0.4) is 0 Å². The van der Waals surface area contributed by atoms with E-state index in [1.54, 1.807) is 6.20 Å². The highest BCUT2D eigenvalue weighted by atomic mass is 16.3. The Labute approximate surface area is 146 Å². The van der Waals surface area contributed by atoms with Crippen molar-refractivity contribution in [3.63, 3.8) is 0 Å². The maximum atomic E-state index is 10.0. The highest BCUT2D eigenvalue weighted by Crippen LogP contribution is 2.49. The standard InChI is InChI=1S/C20H22N4O/c25-14-20-9-4-7-16(20)12-23(13-20)19-11-17(15-5-2-1-3-6-15)22-18-8-10-21-24(18)19/h1-3,5-6,8,10-11,16,25H,4,7,9,12-14H2/t16-,20+/m0/s1. The van der Waals surface area contributed by atoms with E-state index in [2.05, 4.69) is 28.2 Å². The van der Waals surface area contributed by atoms with Gasteiger partial charge in [-0.25, -0.2) is 4.98 Å². The molecule has 128 valence electrons. The first-order valence-electron chi connectivity index (χ1n) is 9.05. The summed E-state index contributed by atoms with van der Waals surface area (Å²) in [6.45, 7) is 2.18. The molecule has 1 N–H and O–H groups in total. The van der Waals surface area contributed by atoms with Crippen molar-refractivity contribution in [1.82, 2.24) is 14.6 Å². The predicted octanol–water partition coefficient (Wildman–Crippen LogP) is 3.00. The van der Waals surface area contributed by atoms with Crippen molar-refractivity contribution in [2.24, 2.45) is 11.3 Å². The predicted molar refractivity (Wildman–Crippen MR) is 97.5 cm³/mol. The van der Waals surface area contributed by atoms with E-state index in [9.17, 15) is 5.11 Å². The summed E-state index contributed by atoms with van der Waals surface area (Å²) in [6, 6.07) is 14.4. The highest BCUT2D eigenvalue weighted by Gasteiger charge is 2.49. The number of aliphatic hydroxyl groups is 1. The second kappa shape index (κ2) is 5.56. The van der Waals surface area contributed by atoms with Crippen LogP contribution in [0.4, 0.5) is 5.82 Å². The van der Waals surface area contributed by atoms with Crippen LogP contribution in [0.2, 0.25) is 0 Å². The normalized spacial score (nSPS) is 25.6. The van der Waals surface area contributed by atoms with Gasteiger partial charge in [0.1, 0.15) is 5.82 Å². The zero-order valence-corrected chi connectivity index (χ0v) is 14.2. The van der Waals surface area contributed by atoms with Crippen LogP contribution in [0.25, 0.3) is 16.9 Å². The molecule has 0 spiro atoms. The molecular formula is C20H22N4O. The van der Waals surface area contributed by atoms with Crippen LogP contribution in [0.15, 0.2) is 48.7 Å². The molecule has 0 radical (unpaired) electrons.